The lowest BCUT2D eigenvalue weighted by atomic mass is 10.0. The highest BCUT2D eigenvalue weighted by atomic mass is 32.2. The van der Waals surface area contributed by atoms with Gasteiger partial charge in [-0.25, -0.2) is 8.42 Å². The molecule has 5 heteroatoms. The summed E-state index contributed by atoms with van der Waals surface area (Å²) in [5, 5.41) is 0. The lowest BCUT2D eigenvalue weighted by molar-refractivity contribution is -0.0150. The minimum Gasteiger partial charge on any atom is -0.496 e. The number of hydrogen-bond donors (Lipinski definition) is 0. The zero-order chi connectivity index (χ0) is 13.4. The van der Waals surface area contributed by atoms with Crippen molar-refractivity contribution in [2.45, 2.75) is 29.9 Å². The first kappa shape index (κ1) is 13.4. The zero-order valence-corrected chi connectivity index (χ0v) is 11.7. The molecule has 0 aliphatic carbocycles. The summed E-state index contributed by atoms with van der Waals surface area (Å²) < 4.78 is 34.8. The van der Waals surface area contributed by atoms with Gasteiger partial charge in [0.15, 0.2) is 9.84 Å². The van der Waals surface area contributed by atoms with Gasteiger partial charge in [-0.05, 0) is 31.0 Å². The fourth-order valence-electron chi connectivity index (χ4n) is 2.10. The van der Waals surface area contributed by atoms with Crippen molar-refractivity contribution in [3.8, 4) is 5.75 Å². The van der Waals surface area contributed by atoms with Gasteiger partial charge in [0.05, 0.1) is 25.2 Å². The van der Waals surface area contributed by atoms with E-state index < -0.39 is 14.6 Å². The van der Waals surface area contributed by atoms with Gasteiger partial charge >= 0.3 is 0 Å². The van der Waals surface area contributed by atoms with Crippen LogP contribution in [0.3, 0.4) is 0 Å². The van der Waals surface area contributed by atoms with Gasteiger partial charge in [0, 0.05) is 0 Å². The minimum absolute atomic E-state index is 0.280. The Kier molecular flexibility index (Phi) is 3.38. The van der Waals surface area contributed by atoms with Crippen LogP contribution in [-0.2, 0) is 14.6 Å². The zero-order valence-electron chi connectivity index (χ0n) is 10.9. The lowest BCUT2D eigenvalue weighted by Crippen LogP contribution is -2.55. The monoisotopic (exact) mass is 270 g/mol. The molecule has 2 rings (SSSR count). The second kappa shape index (κ2) is 4.55. The Labute approximate surface area is 108 Å². The number of hydrogen-bond acceptors (Lipinski definition) is 4. The molecular weight excluding hydrogens is 252 g/mol. The van der Waals surface area contributed by atoms with Gasteiger partial charge in [-0.15, -0.1) is 0 Å². The van der Waals surface area contributed by atoms with Crippen LogP contribution in [0.15, 0.2) is 23.1 Å². The van der Waals surface area contributed by atoms with Crippen molar-refractivity contribution in [2.75, 3.05) is 20.3 Å². The molecule has 0 radical (unpaired) electrons. The Balaban J connectivity index is 2.48. The van der Waals surface area contributed by atoms with Crippen LogP contribution in [0.2, 0.25) is 0 Å². The summed E-state index contributed by atoms with van der Waals surface area (Å²) >= 11 is 0. The fourth-order valence-corrected chi connectivity index (χ4v) is 3.96. The van der Waals surface area contributed by atoms with E-state index in [9.17, 15) is 8.42 Å². The van der Waals surface area contributed by atoms with Crippen LogP contribution in [0.25, 0.3) is 0 Å². The topological polar surface area (TPSA) is 52.6 Å². The Morgan fingerprint density at radius 3 is 2.50 bits per heavy atom. The Morgan fingerprint density at radius 1 is 1.39 bits per heavy atom. The quantitative estimate of drug-likeness (QED) is 0.839. The maximum absolute atomic E-state index is 12.6. The van der Waals surface area contributed by atoms with Crippen LogP contribution < -0.4 is 4.74 Å². The summed E-state index contributed by atoms with van der Waals surface area (Å²) in [6.45, 7) is 4.33. The first-order valence-electron chi connectivity index (χ1n) is 5.94. The van der Waals surface area contributed by atoms with Crippen molar-refractivity contribution in [1.29, 1.82) is 0 Å². The smallest absolute Gasteiger partial charge is 0.188 e. The van der Waals surface area contributed by atoms with E-state index in [4.69, 9.17) is 9.47 Å². The molecule has 1 heterocycles. The molecule has 4 nitrogen and oxygen atoms in total. The van der Waals surface area contributed by atoms with E-state index in [-0.39, 0.29) is 13.2 Å². The van der Waals surface area contributed by atoms with Crippen LogP contribution in [0.1, 0.15) is 18.9 Å². The molecule has 100 valence electrons. The minimum atomic E-state index is -3.37. The summed E-state index contributed by atoms with van der Waals surface area (Å²) in [4.78, 5) is 0.315. The molecule has 0 amide bonds. The molecule has 0 spiro atoms. The van der Waals surface area contributed by atoms with Crippen molar-refractivity contribution >= 4 is 9.84 Å². The number of aryl methyl sites for hydroxylation is 1. The van der Waals surface area contributed by atoms with Crippen molar-refractivity contribution in [3.05, 3.63) is 23.8 Å². The summed E-state index contributed by atoms with van der Waals surface area (Å²) in [6.07, 6.45) is 0.561. The van der Waals surface area contributed by atoms with Gasteiger partial charge in [0.2, 0.25) is 0 Å². The van der Waals surface area contributed by atoms with E-state index in [1.54, 1.807) is 25.3 Å². The van der Waals surface area contributed by atoms with E-state index in [0.717, 1.165) is 5.56 Å². The highest BCUT2D eigenvalue weighted by Crippen LogP contribution is 2.36. The maximum Gasteiger partial charge on any atom is 0.188 e. The van der Waals surface area contributed by atoms with Crippen molar-refractivity contribution in [3.63, 3.8) is 0 Å². The summed E-state index contributed by atoms with van der Waals surface area (Å²) in [6, 6.07) is 5.01. The number of rotatable bonds is 4. The van der Waals surface area contributed by atoms with E-state index in [0.29, 0.717) is 17.1 Å². The maximum atomic E-state index is 12.6. The molecule has 0 atom stereocenters. The molecule has 0 aromatic heterocycles. The van der Waals surface area contributed by atoms with Crippen LogP contribution in [0, 0.1) is 6.92 Å². The van der Waals surface area contributed by atoms with Gasteiger partial charge in [0.25, 0.3) is 0 Å². The second-order valence-corrected chi connectivity index (χ2v) is 7.01. The average Bonchev–Trinajstić information content (AvgIpc) is 2.28. The SMILES string of the molecule is CCC1(S(=O)(=O)c2ccc(C)c(OC)c2)COC1. The third kappa shape index (κ3) is 1.82. The van der Waals surface area contributed by atoms with Crippen LogP contribution in [-0.4, -0.2) is 33.5 Å². The largest absolute Gasteiger partial charge is 0.496 e. The molecule has 18 heavy (non-hydrogen) atoms. The molecule has 0 unspecified atom stereocenters. The molecule has 0 saturated carbocycles. The van der Waals surface area contributed by atoms with E-state index >= 15 is 0 Å². The second-order valence-electron chi connectivity index (χ2n) is 4.66. The highest BCUT2D eigenvalue weighted by Gasteiger charge is 2.49. The van der Waals surface area contributed by atoms with Gasteiger partial charge in [0.1, 0.15) is 10.5 Å². The molecule has 1 aliphatic heterocycles. The summed E-state index contributed by atoms with van der Waals surface area (Å²) in [5.74, 6) is 0.600. The molecule has 0 N–H and O–H groups in total. The Bertz CT molecular complexity index is 539. The first-order valence-corrected chi connectivity index (χ1v) is 7.42. The molecule has 0 bridgehead atoms. The number of benzene rings is 1. The van der Waals surface area contributed by atoms with Crippen molar-refractivity contribution in [2.24, 2.45) is 0 Å². The van der Waals surface area contributed by atoms with E-state index in [1.165, 1.54) is 0 Å². The van der Waals surface area contributed by atoms with Crippen LogP contribution in [0.4, 0.5) is 0 Å². The van der Waals surface area contributed by atoms with E-state index in [2.05, 4.69) is 0 Å². The lowest BCUT2D eigenvalue weighted by Gasteiger charge is -2.39. The standard InChI is InChI=1S/C13H18O4S/c1-4-13(8-17-9-13)18(14,15)11-6-5-10(2)12(7-11)16-3/h5-7H,4,8-9H2,1-3H3. The van der Waals surface area contributed by atoms with Crippen LogP contribution >= 0.6 is 0 Å². The third-order valence-electron chi connectivity index (χ3n) is 3.63. The first-order chi connectivity index (χ1) is 8.47. The van der Waals surface area contributed by atoms with Crippen LogP contribution in [0.5, 0.6) is 5.75 Å². The number of methoxy groups -OCH3 is 1. The number of sulfone groups is 1. The normalized spacial score (nSPS) is 18.2. The van der Waals surface area contributed by atoms with Gasteiger partial charge in [-0.2, -0.15) is 0 Å². The van der Waals surface area contributed by atoms with Crippen molar-refractivity contribution in [1.82, 2.24) is 0 Å². The highest BCUT2D eigenvalue weighted by molar-refractivity contribution is 7.93. The fraction of sp³-hybridized carbons (Fsp3) is 0.538. The molecule has 1 aliphatic rings. The Morgan fingerprint density at radius 2 is 2.06 bits per heavy atom. The molecule has 1 saturated heterocycles. The third-order valence-corrected chi connectivity index (χ3v) is 6.17. The average molecular weight is 270 g/mol. The van der Waals surface area contributed by atoms with E-state index in [1.807, 2.05) is 13.8 Å². The predicted molar refractivity (Wildman–Crippen MR) is 68.8 cm³/mol. The van der Waals surface area contributed by atoms with Gasteiger partial charge in [-0.1, -0.05) is 13.0 Å². The molecule has 1 aromatic rings. The molecule has 1 fully saturated rings. The molecular formula is C13H18O4S. The summed E-state index contributed by atoms with van der Waals surface area (Å²) in [5.41, 5.74) is 0.923. The van der Waals surface area contributed by atoms with Crippen molar-refractivity contribution < 1.29 is 17.9 Å². The number of ether oxygens (including phenoxy) is 2. The molecule has 1 aromatic carbocycles. The Hall–Kier alpha value is -1.07. The predicted octanol–water partition coefficient (Wildman–Crippen LogP) is 1.96. The van der Waals surface area contributed by atoms with Gasteiger partial charge in [-0.3, -0.25) is 0 Å². The summed E-state index contributed by atoms with van der Waals surface area (Å²) in [7, 11) is -1.83. The van der Waals surface area contributed by atoms with Gasteiger partial charge < -0.3 is 9.47 Å².